The summed E-state index contributed by atoms with van der Waals surface area (Å²) in [6.45, 7) is 6.07. The van der Waals surface area contributed by atoms with Crippen LogP contribution in [-0.2, 0) is 35.5 Å². The van der Waals surface area contributed by atoms with Gasteiger partial charge in [0, 0.05) is 28.8 Å². The summed E-state index contributed by atoms with van der Waals surface area (Å²) in [6.07, 6.45) is 7.88. The maximum atomic E-state index is 12.4. The van der Waals surface area contributed by atoms with Gasteiger partial charge in [-0.1, -0.05) is 16.8 Å². The van der Waals surface area contributed by atoms with Gasteiger partial charge in [0.2, 0.25) is 0 Å². The van der Waals surface area contributed by atoms with Gasteiger partial charge in [-0.3, -0.25) is 4.57 Å². The van der Waals surface area contributed by atoms with Gasteiger partial charge in [0.1, 0.15) is 17.2 Å². The van der Waals surface area contributed by atoms with Crippen LogP contribution in [0.5, 0.6) is 0 Å². The molecule has 10 heteroatoms. The molecule has 2 aromatic heterocycles. The number of carbonyl (C=O) groups is 1. The van der Waals surface area contributed by atoms with Crippen LogP contribution in [0.15, 0.2) is 22.7 Å². The van der Waals surface area contributed by atoms with E-state index >= 15 is 0 Å². The van der Waals surface area contributed by atoms with E-state index in [1.54, 1.807) is 25.8 Å². The Labute approximate surface area is 227 Å². The number of hydroxylamine groups is 2. The van der Waals surface area contributed by atoms with Gasteiger partial charge in [0.25, 0.3) is 0 Å². The molecule has 1 aliphatic heterocycles. The van der Waals surface area contributed by atoms with Crippen LogP contribution < -0.4 is 0 Å². The molecule has 1 fully saturated rings. The van der Waals surface area contributed by atoms with E-state index in [2.05, 4.69) is 19.9 Å². The van der Waals surface area contributed by atoms with Gasteiger partial charge in [-0.15, -0.1) is 15.3 Å². The molecule has 0 amide bonds. The molecule has 0 radical (unpaired) electrons. The Kier molecular flexibility index (Phi) is 6.68. The summed E-state index contributed by atoms with van der Waals surface area (Å²) in [5.41, 5.74) is 3.80. The summed E-state index contributed by atoms with van der Waals surface area (Å²) in [6, 6.07) is 5.78. The highest BCUT2D eigenvalue weighted by Gasteiger charge is 2.34. The topological polar surface area (TPSA) is 95.5 Å². The number of rotatable bonds is 3. The standard InChI is InChI=1S/C28H34ClN5O4/c1-28(2,3)36-27(35)38-33-15-19-14-20(29)12-13-22(19)34-24(16-33)30-31-26(34)18-10-8-17(9-11-18)25-21-6-4-5-7-23(21)37-32-25/h12-14,17-18H,4-11,15-16H2,1-3H3. The molecule has 202 valence electrons. The molecule has 3 aromatic rings. The minimum Gasteiger partial charge on any atom is -0.427 e. The molecule has 2 aliphatic carbocycles. The zero-order valence-electron chi connectivity index (χ0n) is 22.2. The average molecular weight is 540 g/mol. The van der Waals surface area contributed by atoms with Gasteiger partial charge in [-0.05, 0) is 89.5 Å². The van der Waals surface area contributed by atoms with Gasteiger partial charge in [-0.25, -0.2) is 4.79 Å². The molecule has 9 nitrogen and oxygen atoms in total. The molecular formula is C28H34ClN5O4. The van der Waals surface area contributed by atoms with Crippen LogP contribution in [0.3, 0.4) is 0 Å². The third-order valence-electron chi connectivity index (χ3n) is 7.75. The van der Waals surface area contributed by atoms with Crippen molar-refractivity contribution in [3.63, 3.8) is 0 Å². The fourth-order valence-electron chi connectivity index (χ4n) is 6.06. The minimum absolute atomic E-state index is 0.275. The van der Waals surface area contributed by atoms with Crippen LogP contribution in [-0.4, -0.2) is 36.7 Å². The number of aryl methyl sites for hydroxylation is 1. The predicted octanol–water partition coefficient (Wildman–Crippen LogP) is 6.41. The monoisotopic (exact) mass is 539 g/mol. The lowest BCUT2D eigenvalue weighted by molar-refractivity contribution is -0.155. The Bertz CT molecular complexity index is 1340. The highest BCUT2D eigenvalue weighted by Crippen LogP contribution is 2.43. The number of ether oxygens (including phenoxy) is 1. The molecular weight excluding hydrogens is 506 g/mol. The smallest absolute Gasteiger partial charge is 0.427 e. The maximum absolute atomic E-state index is 12.4. The lowest BCUT2D eigenvalue weighted by atomic mass is 9.78. The van der Waals surface area contributed by atoms with Gasteiger partial charge >= 0.3 is 6.16 Å². The SMILES string of the molecule is CC(C)(C)OC(=O)ON1Cc2cc(Cl)ccc2-n2c(nnc2C2CCC(c3noc4c3CCCC4)CC2)C1. The second-order valence-electron chi connectivity index (χ2n) is 11.7. The lowest BCUT2D eigenvalue weighted by Gasteiger charge is -2.28. The van der Waals surface area contributed by atoms with Crippen molar-refractivity contribution in [2.24, 2.45) is 0 Å². The first-order valence-corrected chi connectivity index (χ1v) is 14.0. The molecule has 6 rings (SSSR count). The van der Waals surface area contributed by atoms with Crippen LogP contribution in [0.25, 0.3) is 5.69 Å². The van der Waals surface area contributed by atoms with Crippen molar-refractivity contribution >= 4 is 17.8 Å². The first-order valence-electron chi connectivity index (χ1n) is 13.6. The molecule has 0 unspecified atom stereocenters. The minimum atomic E-state index is -0.748. The molecule has 1 saturated carbocycles. The van der Waals surface area contributed by atoms with E-state index in [4.69, 9.17) is 25.7 Å². The number of hydrogen-bond acceptors (Lipinski definition) is 8. The van der Waals surface area contributed by atoms with Crippen LogP contribution in [0.2, 0.25) is 5.02 Å². The molecule has 0 atom stereocenters. The fourth-order valence-corrected chi connectivity index (χ4v) is 6.25. The van der Waals surface area contributed by atoms with E-state index in [1.807, 2.05) is 18.2 Å². The molecule has 0 N–H and O–H groups in total. The number of carbonyl (C=O) groups excluding carboxylic acids is 1. The molecule has 3 heterocycles. The van der Waals surface area contributed by atoms with Gasteiger partial charge in [0.15, 0.2) is 5.82 Å². The summed E-state index contributed by atoms with van der Waals surface area (Å²) in [4.78, 5) is 18.0. The molecule has 3 aliphatic rings. The highest BCUT2D eigenvalue weighted by atomic mass is 35.5. The van der Waals surface area contributed by atoms with E-state index in [9.17, 15) is 4.79 Å². The Morgan fingerprint density at radius 2 is 1.82 bits per heavy atom. The van der Waals surface area contributed by atoms with Crippen molar-refractivity contribution in [1.29, 1.82) is 0 Å². The third-order valence-corrected chi connectivity index (χ3v) is 7.99. The van der Waals surface area contributed by atoms with Crippen molar-refractivity contribution in [3.05, 3.63) is 57.5 Å². The van der Waals surface area contributed by atoms with Crippen molar-refractivity contribution in [2.75, 3.05) is 0 Å². The van der Waals surface area contributed by atoms with Crippen molar-refractivity contribution in [2.45, 2.75) is 103 Å². The van der Waals surface area contributed by atoms with Gasteiger partial charge in [-0.2, -0.15) is 0 Å². The normalized spacial score (nSPS) is 21.7. The van der Waals surface area contributed by atoms with Crippen molar-refractivity contribution in [3.8, 4) is 5.69 Å². The molecule has 0 bridgehead atoms. The summed E-state index contributed by atoms with van der Waals surface area (Å²) in [5, 5.41) is 15.9. The first kappa shape index (κ1) is 25.4. The molecule has 0 spiro atoms. The van der Waals surface area contributed by atoms with Gasteiger partial charge < -0.3 is 14.1 Å². The van der Waals surface area contributed by atoms with Crippen molar-refractivity contribution in [1.82, 2.24) is 25.0 Å². The largest absolute Gasteiger partial charge is 0.528 e. The van der Waals surface area contributed by atoms with Crippen LogP contribution in [0, 0.1) is 0 Å². The number of fused-ring (bicyclic) bond motifs is 4. The summed E-state index contributed by atoms with van der Waals surface area (Å²) in [5.74, 6) is 3.48. The highest BCUT2D eigenvalue weighted by molar-refractivity contribution is 6.30. The van der Waals surface area contributed by atoms with Crippen LogP contribution in [0.4, 0.5) is 4.79 Å². The Morgan fingerprint density at radius 3 is 2.61 bits per heavy atom. The Morgan fingerprint density at radius 1 is 1.05 bits per heavy atom. The number of hydrogen-bond donors (Lipinski definition) is 0. The average Bonchev–Trinajstić information content (AvgIpc) is 3.44. The van der Waals surface area contributed by atoms with Crippen molar-refractivity contribution < 1.29 is 18.9 Å². The second-order valence-corrected chi connectivity index (χ2v) is 12.1. The van der Waals surface area contributed by atoms with Crippen LogP contribution in [0.1, 0.15) is 105 Å². The first-order chi connectivity index (χ1) is 18.2. The molecule has 0 saturated heterocycles. The maximum Gasteiger partial charge on any atom is 0.528 e. The second kappa shape index (κ2) is 10.0. The molecule has 1 aromatic carbocycles. The summed E-state index contributed by atoms with van der Waals surface area (Å²) >= 11 is 6.37. The Balaban J connectivity index is 1.24. The van der Waals surface area contributed by atoms with E-state index in [0.29, 0.717) is 24.0 Å². The van der Waals surface area contributed by atoms with E-state index < -0.39 is 11.8 Å². The number of halogens is 1. The Hall–Kier alpha value is -2.91. The number of benzene rings is 1. The number of aromatic nitrogens is 4. The number of nitrogens with zero attached hydrogens (tertiary/aromatic N) is 5. The zero-order chi connectivity index (χ0) is 26.4. The van der Waals surface area contributed by atoms with E-state index in [1.165, 1.54) is 24.1 Å². The zero-order valence-corrected chi connectivity index (χ0v) is 23.0. The summed E-state index contributed by atoms with van der Waals surface area (Å²) < 4.78 is 13.2. The van der Waals surface area contributed by atoms with E-state index in [-0.39, 0.29) is 5.92 Å². The van der Waals surface area contributed by atoms with Crippen LogP contribution >= 0.6 is 11.6 Å². The molecule has 38 heavy (non-hydrogen) atoms. The quantitative estimate of drug-likeness (QED) is 0.352. The van der Waals surface area contributed by atoms with Gasteiger partial charge in [0.05, 0.1) is 24.5 Å². The van der Waals surface area contributed by atoms with E-state index in [0.717, 1.165) is 67.2 Å². The fraction of sp³-hybridized carbons (Fsp3) is 0.571. The summed E-state index contributed by atoms with van der Waals surface area (Å²) in [7, 11) is 0. The lowest BCUT2D eigenvalue weighted by Crippen LogP contribution is -2.31. The third kappa shape index (κ3) is 5.06. The predicted molar refractivity (Wildman–Crippen MR) is 140 cm³/mol.